The molecule has 2 fully saturated rings. The van der Waals surface area contributed by atoms with Gasteiger partial charge in [0.1, 0.15) is 0 Å². The van der Waals surface area contributed by atoms with Crippen LogP contribution in [0.4, 0.5) is 0 Å². The van der Waals surface area contributed by atoms with Crippen molar-refractivity contribution >= 4 is 5.91 Å². The first-order valence-electron chi connectivity index (χ1n) is 5.53. The summed E-state index contributed by atoms with van der Waals surface area (Å²) in [6.07, 6.45) is 4.23. The first-order valence-corrected chi connectivity index (χ1v) is 5.53. The van der Waals surface area contributed by atoms with E-state index in [2.05, 4.69) is 5.32 Å². The molecule has 2 unspecified atom stereocenters. The molecule has 2 atom stereocenters. The summed E-state index contributed by atoms with van der Waals surface area (Å²) in [7, 11) is 0. The summed E-state index contributed by atoms with van der Waals surface area (Å²) in [4.78, 5) is 13.6. The van der Waals surface area contributed by atoms with Crippen LogP contribution in [0.5, 0.6) is 0 Å². The molecule has 3 N–H and O–H groups in total. The van der Waals surface area contributed by atoms with E-state index in [9.17, 15) is 4.79 Å². The van der Waals surface area contributed by atoms with Gasteiger partial charge < -0.3 is 16.0 Å². The molecule has 80 valence electrons. The Balaban J connectivity index is 1.91. The molecule has 2 saturated heterocycles. The number of likely N-dealkylation sites (tertiary alicyclic amines) is 1. The monoisotopic (exact) mass is 197 g/mol. The summed E-state index contributed by atoms with van der Waals surface area (Å²) in [6.45, 7) is 2.24. The first-order chi connectivity index (χ1) is 6.79. The van der Waals surface area contributed by atoms with E-state index in [1.807, 2.05) is 4.90 Å². The zero-order chi connectivity index (χ0) is 9.97. The van der Waals surface area contributed by atoms with Crippen molar-refractivity contribution in [3.05, 3.63) is 0 Å². The number of amides is 1. The number of carbonyl (C=O) groups excluding carboxylic acids is 1. The molecule has 2 heterocycles. The highest BCUT2D eigenvalue weighted by molar-refractivity contribution is 5.76. The Morgan fingerprint density at radius 1 is 1.36 bits per heavy atom. The van der Waals surface area contributed by atoms with Crippen LogP contribution in [0, 0.1) is 0 Å². The highest BCUT2D eigenvalue weighted by atomic mass is 16.2. The lowest BCUT2D eigenvalue weighted by molar-refractivity contribution is -0.133. The maximum absolute atomic E-state index is 11.6. The number of carbonyl (C=O) groups is 1. The molecule has 4 heteroatoms. The van der Waals surface area contributed by atoms with Gasteiger partial charge in [-0.25, -0.2) is 0 Å². The normalized spacial score (nSPS) is 31.6. The van der Waals surface area contributed by atoms with Crippen molar-refractivity contribution in [3.8, 4) is 0 Å². The Morgan fingerprint density at radius 3 is 2.57 bits per heavy atom. The molecular weight excluding hydrogens is 178 g/mol. The molecule has 2 rings (SSSR count). The third-order valence-corrected chi connectivity index (χ3v) is 3.17. The van der Waals surface area contributed by atoms with E-state index in [0.717, 1.165) is 13.1 Å². The average molecular weight is 197 g/mol. The van der Waals surface area contributed by atoms with Gasteiger partial charge in [0.05, 0.1) is 0 Å². The molecule has 4 nitrogen and oxygen atoms in total. The average Bonchev–Trinajstić information content (AvgIpc) is 2.17. The number of nitrogens with zero attached hydrogens (tertiary/aromatic N) is 1. The third-order valence-electron chi connectivity index (χ3n) is 3.17. The smallest absolute Gasteiger partial charge is 0.223 e. The second kappa shape index (κ2) is 4.28. The van der Waals surface area contributed by atoms with Crippen molar-refractivity contribution in [1.82, 2.24) is 10.2 Å². The number of rotatable bonds is 2. The van der Waals surface area contributed by atoms with Crippen LogP contribution in [0.15, 0.2) is 0 Å². The second-order valence-electron chi connectivity index (χ2n) is 4.33. The number of fused-ring (bicyclic) bond motifs is 2. The fourth-order valence-electron chi connectivity index (χ4n) is 2.49. The molecule has 2 bridgehead atoms. The quantitative estimate of drug-likeness (QED) is 0.638. The third kappa shape index (κ3) is 2.07. The van der Waals surface area contributed by atoms with E-state index >= 15 is 0 Å². The summed E-state index contributed by atoms with van der Waals surface area (Å²) in [5.74, 6) is 0.228. The van der Waals surface area contributed by atoms with Crippen molar-refractivity contribution in [1.29, 1.82) is 0 Å². The van der Waals surface area contributed by atoms with Crippen LogP contribution in [-0.4, -0.2) is 42.5 Å². The Hall–Kier alpha value is -0.610. The van der Waals surface area contributed by atoms with Crippen molar-refractivity contribution in [2.45, 2.75) is 37.8 Å². The standard InChI is InChI=1S/C10H19N3O/c11-5-4-10(14)13-6-8-2-1-3-9(7-13)12-8/h8-9,12H,1-7,11H2. The first kappa shape index (κ1) is 9.93. The molecule has 0 radical (unpaired) electrons. The molecule has 0 aliphatic carbocycles. The number of hydrogen-bond donors (Lipinski definition) is 2. The minimum atomic E-state index is 0.228. The molecule has 0 aromatic carbocycles. The fourth-order valence-corrected chi connectivity index (χ4v) is 2.49. The van der Waals surface area contributed by atoms with Crippen LogP contribution in [-0.2, 0) is 4.79 Å². The highest BCUT2D eigenvalue weighted by Gasteiger charge is 2.31. The lowest BCUT2D eigenvalue weighted by Gasteiger charge is -2.42. The summed E-state index contributed by atoms with van der Waals surface area (Å²) < 4.78 is 0. The van der Waals surface area contributed by atoms with Gasteiger partial charge in [0.15, 0.2) is 0 Å². The molecule has 0 spiro atoms. The van der Waals surface area contributed by atoms with Gasteiger partial charge in [-0.15, -0.1) is 0 Å². The summed E-state index contributed by atoms with van der Waals surface area (Å²) in [6, 6.07) is 1.06. The van der Waals surface area contributed by atoms with Gasteiger partial charge in [-0.3, -0.25) is 4.79 Å². The zero-order valence-corrected chi connectivity index (χ0v) is 8.54. The van der Waals surface area contributed by atoms with Crippen LogP contribution < -0.4 is 11.1 Å². The van der Waals surface area contributed by atoms with Crippen molar-refractivity contribution in [2.75, 3.05) is 19.6 Å². The maximum atomic E-state index is 11.6. The lowest BCUT2D eigenvalue weighted by atomic mass is 9.94. The van der Waals surface area contributed by atoms with E-state index in [-0.39, 0.29) is 5.91 Å². The lowest BCUT2D eigenvalue weighted by Crippen LogP contribution is -2.60. The van der Waals surface area contributed by atoms with Gasteiger partial charge in [0, 0.05) is 38.1 Å². The summed E-state index contributed by atoms with van der Waals surface area (Å²) >= 11 is 0. The van der Waals surface area contributed by atoms with Gasteiger partial charge >= 0.3 is 0 Å². The zero-order valence-electron chi connectivity index (χ0n) is 8.54. The largest absolute Gasteiger partial charge is 0.340 e. The number of piperidine rings is 1. The molecular formula is C10H19N3O. The minimum absolute atomic E-state index is 0.228. The van der Waals surface area contributed by atoms with Gasteiger partial charge in [-0.05, 0) is 12.8 Å². The van der Waals surface area contributed by atoms with Gasteiger partial charge in [-0.2, -0.15) is 0 Å². The summed E-state index contributed by atoms with van der Waals surface area (Å²) in [5, 5.41) is 3.55. The Morgan fingerprint density at radius 2 is 2.00 bits per heavy atom. The molecule has 1 amide bonds. The van der Waals surface area contributed by atoms with Crippen molar-refractivity contribution < 1.29 is 4.79 Å². The number of nitrogens with one attached hydrogen (secondary N) is 1. The Kier molecular flexibility index (Phi) is 3.03. The molecule has 0 aromatic rings. The van der Waals surface area contributed by atoms with Crippen LogP contribution in [0.2, 0.25) is 0 Å². The van der Waals surface area contributed by atoms with Gasteiger partial charge in [0.25, 0.3) is 0 Å². The molecule has 0 saturated carbocycles. The Labute approximate surface area is 84.8 Å². The molecule has 0 aromatic heterocycles. The molecule has 14 heavy (non-hydrogen) atoms. The Bertz CT molecular complexity index is 207. The van der Waals surface area contributed by atoms with Crippen LogP contribution in [0.3, 0.4) is 0 Å². The van der Waals surface area contributed by atoms with E-state index < -0.39 is 0 Å². The van der Waals surface area contributed by atoms with Crippen LogP contribution in [0.25, 0.3) is 0 Å². The number of hydrogen-bond acceptors (Lipinski definition) is 3. The predicted molar refractivity (Wildman–Crippen MR) is 54.8 cm³/mol. The summed E-state index contributed by atoms with van der Waals surface area (Å²) in [5.41, 5.74) is 5.39. The predicted octanol–water partition coefficient (Wildman–Crippen LogP) is -0.312. The topological polar surface area (TPSA) is 58.4 Å². The fraction of sp³-hybridized carbons (Fsp3) is 0.900. The van der Waals surface area contributed by atoms with Gasteiger partial charge in [0.2, 0.25) is 5.91 Å². The van der Waals surface area contributed by atoms with E-state index in [4.69, 9.17) is 5.73 Å². The minimum Gasteiger partial charge on any atom is -0.340 e. The number of nitrogens with two attached hydrogens (primary N) is 1. The molecule has 2 aliphatic heterocycles. The van der Waals surface area contributed by atoms with E-state index in [0.29, 0.717) is 25.0 Å². The van der Waals surface area contributed by atoms with Crippen LogP contribution in [0.1, 0.15) is 25.7 Å². The van der Waals surface area contributed by atoms with Crippen molar-refractivity contribution in [2.24, 2.45) is 5.73 Å². The van der Waals surface area contributed by atoms with E-state index in [1.54, 1.807) is 0 Å². The van der Waals surface area contributed by atoms with Crippen molar-refractivity contribution in [3.63, 3.8) is 0 Å². The SMILES string of the molecule is NCCC(=O)N1CC2CCCC(C1)N2. The number of piperazine rings is 1. The highest BCUT2D eigenvalue weighted by Crippen LogP contribution is 2.19. The second-order valence-corrected chi connectivity index (χ2v) is 4.33. The molecule has 2 aliphatic rings. The van der Waals surface area contributed by atoms with Crippen LogP contribution >= 0.6 is 0 Å². The van der Waals surface area contributed by atoms with E-state index in [1.165, 1.54) is 19.3 Å². The maximum Gasteiger partial charge on any atom is 0.223 e. The van der Waals surface area contributed by atoms with Gasteiger partial charge in [-0.1, -0.05) is 6.42 Å².